The lowest BCUT2D eigenvalue weighted by atomic mass is 9.94. The molecule has 31 heavy (non-hydrogen) atoms. The lowest BCUT2D eigenvalue weighted by molar-refractivity contribution is -0.124. The number of hydrogen-bond acceptors (Lipinski definition) is 4. The molecule has 2 fully saturated rings. The van der Waals surface area contributed by atoms with E-state index >= 15 is 0 Å². The fourth-order valence-electron chi connectivity index (χ4n) is 4.16. The van der Waals surface area contributed by atoms with Crippen LogP contribution in [-0.4, -0.2) is 26.3 Å². The zero-order valence-corrected chi connectivity index (χ0v) is 18.3. The van der Waals surface area contributed by atoms with E-state index in [4.69, 9.17) is 0 Å². The molecule has 4 rings (SSSR count). The van der Waals surface area contributed by atoms with E-state index in [1.165, 1.54) is 31.9 Å². The molecule has 2 aromatic carbocycles. The van der Waals surface area contributed by atoms with Crippen LogP contribution in [0.15, 0.2) is 53.4 Å². The molecule has 0 aromatic heterocycles. The number of nitrogens with one attached hydrogen (secondary N) is 3. The first-order chi connectivity index (χ1) is 14.8. The molecule has 0 radical (unpaired) electrons. The number of hydrogen-bond donors (Lipinski definition) is 3. The fraction of sp³-hybridized carbons (Fsp3) is 0.391. The Kier molecular flexibility index (Phi) is 5.75. The van der Waals surface area contributed by atoms with E-state index < -0.39 is 15.4 Å². The van der Waals surface area contributed by atoms with Crippen molar-refractivity contribution in [2.24, 2.45) is 0 Å². The molecule has 3 N–H and O–H groups in total. The van der Waals surface area contributed by atoms with Gasteiger partial charge >= 0.3 is 0 Å². The third kappa shape index (κ3) is 4.74. The Balaban J connectivity index is 1.43. The summed E-state index contributed by atoms with van der Waals surface area (Å²) in [6, 6.07) is 13.3. The van der Waals surface area contributed by atoms with Crippen LogP contribution in [0.3, 0.4) is 0 Å². The second kappa shape index (κ2) is 8.34. The Morgan fingerprint density at radius 3 is 2.03 bits per heavy atom. The highest BCUT2D eigenvalue weighted by Gasteiger charge is 2.51. The van der Waals surface area contributed by atoms with Gasteiger partial charge in [-0.3, -0.25) is 14.3 Å². The van der Waals surface area contributed by atoms with E-state index in [0.717, 1.165) is 31.2 Å². The predicted molar refractivity (Wildman–Crippen MR) is 119 cm³/mol. The molecule has 2 aliphatic carbocycles. The number of amides is 2. The van der Waals surface area contributed by atoms with Gasteiger partial charge in [0.05, 0.1) is 10.3 Å². The largest absolute Gasteiger partial charge is 0.353 e. The van der Waals surface area contributed by atoms with Crippen LogP contribution in [0.1, 0.15) is 51.0 Å². The van der Waals surface area contributed by atoms with Gasteiger partial charge in [-0.2, -0.15) is 0 Å². The maximum absolute atomic E-state index is 12.8. The highest BCUT2D eigenvalue weighted by molar-refractivity contribution is 7.92. The zero-order chi connectivity index (χ0) is 22.1. The minimum absolute atomic E-state index is 0.0898. The van der Waals surface area contributed by atoms with Crippen molar-refractivity contribution in [2.45, 2.75) is 61.8 Å². The van der Waals surface area contributed by atoms with Crippen LogP contribution < -0.4 is 15.4 Å². The molecule has 2 aromatic rings. The second-order valence-corrected chi connectivity index (χ2v) is 10.1. The van der Waals surface area contributed by atoms with Gasteiger partial charge in [0.2, 0.25) is 11.8 Å². The topological polar surface area (TPSA) is 104 Å². The van der Waals surface area contributed by atoms with Crippen molar-refractivity contribution in [1.29, 1.82) is 0 Å². The van der Waals surface area contributed by atoms with Gasteiger partial charge in [0.1, 0.15) is 0 Å². The molecule has 0 heterocycles. The zero-order valence-electron chi connectivity index (χ0n) is 17.5. The van der Waals surface area contributed by atoms with Crippen LogP contribution >= 0.6 is 0 Å². The highest BCUT2D eigenvalue weighted by atomic mass is 32.2. The standard InChI is InChI=1S/C23H27N3O4S/c1-16(27)24-19-10-12-21(13-11-19)31(29,30)26-20-8-6-17(7-9-20)23(14-15-23)22(28)25-18-4-2-3-5-18/h6-13,18,26H,2-5,14-15H2,1H3,(H,24,27)(H,25,28). The summed E-state index contributed by atoms with van der Waals surface area (Å²) in [7, 11) is -3.77. The molecule has 2 amide bonds. The van der Waals surface area contributed by atoms with Gasteiger partial charge in [0.15, 0.2) is 0 Å². The van der Waals surface area contributed by atoms with Crippen molar-refractivity contribution in [1.82, 2.24) is 5.32 Å². The summed E-state index contributed by atoms with van der Waals surface area (Å²) in [5, 5.41) is 5.80. The van der Waals surface area contributed by atoms with E-state index in [-0.39, 0.29) is 22.8 Å². The summed E-state index contributed by atoms with van der Waals surface area (Å²) in [6.07, 6.45) is 6.07. The van der Waals surface area contributed by atoms with Crippen molar-refractivity contribution >= 4 is 33.2 Å². The van der Waals surface area contributed by atoms with Crippen molar-refractivity contribution < 1.29 is 18.0 Å². The van der Waals surface area contributed by atoms with Gasteiger partial charge in [-0.05, 0) is 67.6 Å². The number of benzene rings is 2. The van der Waals surface area contributed by atoms with E-state index in [2.05, 4.69) is 15.4 Å². The first kappa shape index (κ1) is 21.4. The quantitative estimate of drug-likeness (QED) is 0.611. The van der Waals surface area contributed by atoms with E-state index in [1.807, 2.05) is 12.1 Å². The molecule has 2 saturated carbocycles. The monoisotopic (exact) mass is 441 g/mol. The summed E-state index contributed by atoms with van der Waals surface area (Å²) < 4.78 is 27.9. The smallest absolute Gasteiger partial charge is 0.261 e. The van der Waals surface area contributed by atoms with Crippen molar-refractivity contribution in [3.8, 4) is 0 Å². The fourth-order valence-corrected chi connectivity index (χ4v) is 5.22. The maximum atomic E-state index is 12.8. The molecule has 164 valence electrons. The van der Waals surface area contributed by atoms with Gasteiger partial charge in [-0.25, -0.2) is 8.42 Å². The van der Waals surface area contributed by atoms with Crippen molar-refractivity contribution in [3.05, 3.63) is 54.1 Å². The Morgan fingerprint density at radius 2 is 1.48 bits per heavy atom. The van der Waals surface area contributed by atoms with Crippen LogP contribution in [0.5, 0.6) is 0 Å². The van der Waals surface area contributed by atoms with Gasteiger partial charge in [-0.1, -0.05) is 25.0 Å². The number of sulfonamides is 1. The van der Waals surface area contributed by atoms with E-state index in [1.54, 1.807) is 24.3 Å². The Morgan fingerprint density at radius 1 is 0.903 bits per heavy atom. The van der Waals surface area contributed by atoms with E-state index in [0.29, 0.717) is 11.4 Å². The van der Waals surface area contributed by atoms with Crippen molar-refractivity contribution in [3.63, 3.8) is 0 Å². The molecular formula is C23H27N3O4S. The van der Waals surface area contributed by atoms with Gasteiger partial charge in [-0.15, -0.1) is 0 Å². The Hall–Kier alpha value is -2.87. The van der Waals surface area contributed by atoms with Crippen LogP contribution in [-0.2, 0) is 25.0 Å². The molecule has 0 spiro atoms. The molecule has 0 saturated heterocycles. The highest BCUT2D eigenvalue weighted by Crippen LogP contribution is 2.49. The maximum Gasteiger partial charge on any atom is 0.261 e. The van der Waals surface area contributed by atoms with Crippen molar-refractivity contribution in [2.75, 3.05) is 10.0 Å². The van der Waals surface area contributed by atoms with Gasteiger partial charge in [0, 0.05) is 24.3 Å². The molecule has 0 aliphatic heterocycles. The summed E-state index contributed by atoms with van der Waals surface area (Å²) in [6.45, 7) is 1.39. The van der Waals surface area contributed by atoms with Gasteiger partial charge in [0.25, 0.3) is 10.0 Å². The number of rotatable bonds is 7. The predicted octanol–water partition coefficient (Wildman–Crippen LogP) is 3.54. The first-order valence-corrected chi connectivity index (χ1v) is 12.1. The average Bonchev–Trinajstić information content (AvgIpc) is 3.39. The molecule has 0 atom stereocenters. The molecule has 8 heteroatoms. The lowest BCUT2D eigenvalue weighted by Gasteiger charge is -2.20. The van der Waals surface area contributed by atoms with Crippen LogP contribution in [0.2, 0.25) is 0 Å². The third-order valence-corrected chi connectivity index (χ3v) is 7.45. The SMILES string of the molecule is CC(=O)Nc1ccc(S(=O)(=O)Nc2ccc(C3(C(=O)NC4CCCC4)CC3)cc2)cc1. The molecule has 7 nitrogen and oxygen atoms in total. The lowest BCUT2D eigenvalue weighted by Crippen LogP contribution is -2.40. The average molecular weight is 442 g/mol. The molecular weight excluding hydrogens is 414 g/mol. The summed E-state index contributed by atoms with van der Waals surface area (Å²) in [4.78, 5) is 24.0. The second-order valence-electron chi connectivity index (χ2n) is 8.43. The number of carbonyl (C=O) groups is 2. The molecule has 2 aliphatic rings. The van der Waals surface area contributed by atoms with Gasteiger partial charge < -0.3 is 10.6 Å². The van der Waals surface area contributed by atoms with Crippen LogP contribution in [0.25, 0.3) is 0 Å². The minimum atomic E-state index is -3.77. The number of anilines is 2. The Labute approximate surface area is 182 Å². The van der Waals surface area contributed by atoms with Crippen LogP contribution in [0.4, 0.5) is 11.4 Å². The summed E-state index contributed by atoms with van der Waals surface area (Å²) >= 11 is 0. The third-order valence-electron chi connectivity index (χ3n) is 6.05. The summed E-state index contributed by atoms with van der Waals surface area (Å²) in [5.41, 5.74) is 1.41. The normalized spacial score (nSPS) is 17.7. The molecule has 0 unspecified atom stereocenters. The van der Waals surface area contributed by atoms with Crippen LogP contribution in [0, 0.1) is 0 Å². The Bertz CT molecular complexity index is 1070. The first-order valence-electron chi connectivity index (χ1n) is 10.6. The molecule has 0 bridgehead atoms. The summed E-state index contributed by atoms with van der Waals surface area (Å²) in [5.74, 6) is -0.133. The number of carbonyl (C=O) groups excluding carboxylic acids is 2. The minimum Gasteiger partial charge on any atom is -0.353 e. The van der Waals surface area contributed by atoms with E-state index in [9.17, 15) is 18.0 Å².